The Bertz CT molecular complexity index is 1540. The van der Waals surface area contributed by atoms with E-state index in [1.54, 1.807) is 0 Å². The Kier molecular flexibility index (Phi) is 60.3. The van der Waals surface area contributed by atoms with Crippen molar-refractivity contribution in [1.82, 2.24) is 0 Å². The van der Waals surface area contributed by atoms with Crippen LogP contribution in [0.4, 0.5) is 0 Å². The first-order chi connectivity index (χ1) is 37.5. The van der Waals surface area contributed by atoms with E-state index >= 15 is 0 Å². The van der Waals surface area contributed by atoms with Crippen molar-refractivity contribution in [3.63, 3.8) is 0 Å². The fourth-order valence-electron chi connectivity index (χ4n) is 8.71. The van der Waals surface area contributed by atoms with Crippen LogP contribution in [0.25, 0.3) is 0 Å². The molecule has 434 valence electrons. The maximum atomic E-state index is 12.9. The Morgan fingerprint density at radius 1 is 0.276 bits per heavy atom. The first kappa shape index (κ1) is 72.1. The van der Waals surface area contributed by atoms with E-state index in [4.69, 9.17) is 14.2 Å². The van der Waals surface area contributed by atoms with Crippen molar-refractivity contribution in [2.75, 3.05) is 13.2 Å². The zero-order valence-electron chi connectivity index (χ0n) is 49.7. The van der Waals surface area contributed by atoms with Gasteiger partial charge in [0.2, 0.25) is 0 Å². The average Bonchev–Trinajstić information content (AvgIpc) is 3.42. The standard InChI is InChI=1S/C70H118O6/c1-4-7-10-13-16-19-22-24-26-28-30-32-33-34-35-36-37-39-40-42-44-46-48-51-54-57-60-63-69(72)75-66-67(65-74-68(71)62-59-56-53-50-21-18-15-12-9-6-3)76-70(73)64-61-58-55-52-49-47-45-43-41-38-31-29-27-25-23-20-17-14-11-8-5-2/h7,10,12,15-16,19,24,26,29-32,34-35,37,39,42,44,67H,4-6,8-9,11,13-14,17-18,20-23,25,27-28,33,36,38,40-41,43,45-66H2,1-3H3/b10-7-,15-12-,19-16-,26-24-,31-29-,32-30-,35-34-,39-37-,44-42-. The summed E-state index contributed by atoms with van der Waals surface area (Å²) in [4.78, 5) is 38.2. The van der Waals surface area contributed by atoms with Crippen molar-refractivity contribution in [2.24, 2.45) is 0 Å². The normalized spacial score (nSPS) is 12.8. The monoisotopic (exact) mass is 1050 g/mol. The lowest BCUT2D eigenvalue weighted by molar-refractivity contribution is -0.167. The molecule has 0 aromatic rings. The average molecular weight is 1060 g/mol. The molecule has 0 heterocycles. The van der Waals surface area contributed by atoms with Crippen LogP contribution in [0.1, 0.15) is 297 Å². The van der Waals surface area contributed by atoms with Crippen molar-refractivity contribution < 1.29 is 28.6 Å². The molecule has 76 heavy (non-hydrogen) atoms. The summed E-state index contributed by atoms with van der Waals surface area (Å²) in [5, 5.41) is 0. The summed E-state index contributed by atoms with van der Waals surface area (Å²) >= 11 is 0. The topological polar surface area (TPSA) is 78.9 Å². The number of hydrogen-bond donors (Lipinski definition) is 0. The van der Waals surface area contributed by atoms with Gasteiger partial charge in [0.05, 0.1) is 0 Å². The van der Waals surface area contributed by atoms with Crippen LogP contribution < -0.4 is 0 Å². The van der Waals surface area contributed by atoms with Gasteiger partial charge in [0.15, 0.2) is 6.10 Å². The predicted octanol–water partition coefficient (Wildman–Crippen LogP) is 21.8. The van der Waals surface area contributed by atoms with E-state index in [1.165, 1.54) is 116 Å². The van der Waals surface area contributed by atoms with Crippen LogP contribution >= 0.6 is 0 Å². The van der Waals surface area contributed by atoms with Crippen LogP contribution in [0.5, 0.6) is 0 Å². The van der Waals surface area contributed by atoms with E-state index in [0.29, 0.717) is 19.3 Å². The molecule has 0 bridgehead atoms. The quantitative estimate of drug-likeness (QED) is 0.0261. The van der Waals surface area contributed by atoms with Gasteiger partial charge >= 0.3 is 17.9 Å². The van der Waals surface area contributed by atoms with Gasteiger partial charge in [0, 0.05) is 19.3 Å². The number of carbonyl (C=O) groups is 3. The van der Waals surface area contributed by atoms with E-state index in [2.05, 4.69) is 130 Å². The third kappa shape index (κ3) is 60.9. The molecule has 0 aromatic carbocycles. The van der Waals surface area contributed by atoms with Crippen molar-refractivity contribution in [1.29, 1.82) is 0 Å². The molecule has 0 spiro atoms. The third-order valence-electron chi connectivity index (χ3n) is 13.5. The van der Waals surface area contributed by atoms with E-state index in [-0.39, 0.29) is 31.1 Å². The predicted molar refractivity (Wildman–Crippen MR) is 330 cm³/mol. The third-order valence-corrected chi connectivity index (χ3v) is 13.5. The minimum atomic E-state index is -0.793. The number of hydrogen-bond acceptors (Lipinski definition) is 6. The maximum Gasteiger partial charge on any atom is 0.306 e. The number of rotatable bonds is 57. The molecular formula is C70H118O6. The molecule has 0 aliphatic rings. The molecule has 0 aliphatic carbocycles. The molecule has 0 saturated heterocycles. The number of carbonyl (C=O) groups excluding carboxylic acids is 3. The zero-order chi connectivity index (χ0) is 55.0. The molecule has 0 radical (unpaired) electrons. The van der Waals surface area contributed by atoms with E-state index in [9.17, 15) is 14.4 Å². The molecule has 0 N–H and O–H groups in total. The smallest absolute Gasteiger partial charge is 0.306 e. The maximum absolute atomic E-state index is 12.9. The molecule has 1 unspecified atom stereocenters. The van der Waals surface area contributed by atoms with Gasteiger partial charge in [-0.25, -0.2) is 0 Å². The highest BCUT2D eigenvalue weighted by molar-refractivity contribution is 5.71. The van der Waals surface area contributed by atoms with Crippen molar-refractivity contribution in [3.05, 3.63) is 109 Å². The number of ether oxygens (including phenoxy) is 3. The molecule has 0 fully saturated rings. The molecular weight excluding hydrogens is 937 g/mol. The number of unbranched alkanes of at least 4 members (excludes halogenated alkanes) is 28. The first-order valence-corrected chi connectivity index (χ1v) is 31.9. The van der Waals surface area contributed by atoms with Gasteiger partial charge in [-0.3, -0.25) is 14.4 Å². The number of allylic oxidation sites excluding steroid dienone is 18. The van der Waals surface area contributed by atoms with Crippen molar-refractivity contribution >= 4 is 17.9 Å². The Morgan fingerprint density at radius 3 is 0.868 bits per heavy atom. The highest BCUT2D eigenvalue weighted by Crippen LogP contribution is 2.15. The summed E-state index contributed by atoms with van der Waals surface area (Å²) < 4.78 is 16.9. The Labute approximate surface area is 470 Å². The van der Waals surface area contributed by atoms with Gasteiger partial charge in [0.1, 0.15) is 13.2 Å². The molecule has 0 aliphatic heterocycles. The summed E-state index contributed by atoms with van der Waals surface area (Å²) in [7, 11) is 0. The Morgan fingerprint density at radius 2 is 0.539 bits per heavy atom. The molecule has 6 nitrogen and oxygen atoms in total. The zero-order valence-corrected chi connectivity index (χ0v) is 49.7. The van der Waals surface area contributed by atoms with E-state index < -0.39 is 6.10 Å². The summed E-state index contributed by atoms with van der Waals surface area (Å²) in [5.74, 6) is -0.916. The van der Waals surface area contributed by atoms with Crippen LogP contribution in [0.3, 0.4) is 0 Å². The highest BCUT2D eigenvalue weighted by atomic mass is 16.6. The highest BCUT2D eigenvalue weighted by Gasteiger charge is 2.19. The summed E-state index contributed by atoms with van der Waals surface area (Å²) in [6, 6.07) is 0. The van der Waals surface area contributed by atoms with E-state index in [0.717, 1.165) is 141 Å². The summed E-state index contributed by atoms with van der Waals surface area (Å²) in [6.45, 7) is 6.45. The van der Waals surface area contributed by atoms with Gasteiger partial charge in [-0.1, -0.05) is 265 Å². The first-order valence-electron chi connectivity index (χ1n) is 31.9. The van der Waals surface area contributed by atoms with Crippen molar-refractivity contribution in [3.8, 4) is 0 Å². The van der Waals surface area contributed by atoms with Crippen LogP contribution in [-0.2, 0) is 28.6 Å². The second-order valence-electron chi connectivity index (χ2n) is 20.9. The summed E-state index contributed by atoms with van der Waals surface area (Å²) in [5.41, 5.74) is 0. The minimum Gasteiger partial charge on any atom is -0.462 e. The SMILES string of the molecule is CC/C=C\C/C=C\C/C=C\C/C=C\C/C=C\C/C=C\C/C=C\CCCCCCCC(=O)OCC(COC(=O)CCCCCCC/C=C\CCC)OC(=O)CCCCCCCCCCC/C=C\CCCCCCCCCC. The molecule has 0 amide bonds. The van der Waals surface area contributed by atoms with Crippen LogP contribution in [-0.4, -0.2) is 37.2 Å². The van der Waals surface area contributed by atoms with Crippen molar-refractivity contribution in [2.45, 2.75) is 303 Å². The van der Waals surface area contributed by atoms with Gasteiger partial charge < -0.3 is 14.2 Å². The van der Waals surface area contributed by atoms with Crippen LogP contribution in [0.2, 0.25) is 0 Å². The van der Waals surface area contributed by atoms with Gasteiger partial charge in [0.25, 0.3) is 0 Å². The molecule has 6 heteroatoms. The van der Waals surface area contributed by atoms with Gasteiger partial charge in [-0.2, -0.15) is 0 Å². The minimum absolute atomic E-state index is 0.0899. The molecule has 0 aromatic heterocycles. The lowest BCUT2D eigenvalue weighted by Crippen LogP contribution is -2.30. The fourth-order valence-corrected chi connectivity index (χ4v) is 8.71. The van der Waals surface area contributed by atoms with Crippen LogP contribution in [0.15, 0.2) is 109 Å². The van der Waals surface area contributed by atoms with Gasteiger partial charge in [-0.05, 0) is 122 Å². The Balaban J connectivity index is 4.31. The second kappa shape index (κ2) is 63.6. The molecule has 1 atom stereocenters. The Hall–Kier alpha value is -3.93. The summed E-state index contributed by atoms with van der Waals surface area (Å²) in [6.07, 6.45) is 86.7. The van der Waals surface area contributed by atoms with Crippen LogP contribution in [0, 0.1) is 0 Å². The lowest BCUT2D eigenvalue weighted by Gasteiger charge is -2.18. The fraction of sp³-hybridized carbons (Fsp3) is 0.700. The second-order valence-corrected chi connectivity index (χ2v) is 20.9. The lowest BCUT2D eigenvalue weighted by atomic mass is 10.1. The molecule has 0 saturated carbocycles. The largest absolute Gasteiger partial charge is 0.462 e. The van der Waals surface area contributed by atoms with Gasteiger partial charge in [-0.15, -0.1) is 0 Å². The number of esters is 3. The van der Waals surface area contributed by atoms with E-state index in [1.807, 2.05) is 0 Å². The molecule has 0 rings (SSSR count).